The van der Waals surface area contributed by atoms with E-state index in [1.807, 2.05) is 56.0 Å². The highest BCUT2D eigenvalue weighted by atomic mass is 19.3. The van der Waals surface area contributed by atoms with Gasteiger partial charge in [0.25, 0.3) is 5.92 Å². The van der Waals surface area contributed by atoms with Crippen LogP contribution in [-0.2, 0) is 22.0 Å². The van der Waals surface area contributed by atoms with Gasteiger partial charge in [0.05, 0.1) is 11.3 Å². The Bertz CT molecular complexity index is 1110. The maximum atomic E-state index is 15.3. The molecule has 0 saturated carbocycles. The number of nitrogens with zero attached hydrogens (tertiary/aromatic N) is 3. The van der Waals surface area contributed by atoms with Crippen molar-refractivity contribution >= 4 is 23.6 Å². The van der Waals surface area contributed by atoms with Gasteiger partial charge in [-0.25, -0.2) is 18.4 Å². The van der Waals surface area contributed by atoms with Crippen molar-refractivity contribution in [1.82, 2.24) is 4.90 Å². The zero-order chi connectivity index (χ0) is 26.8. The van der Waals surface area contributed by atoms with Crippen LogP contribution in [0.4, 0.5) is 29.7 Å². The van der Waals surface area contributed by atoms with E-state index in [1.54, 1.807) is 30.1 Å². The molecule has 2 aliphatic rings. The van der Waals surface area contributed by atoms with Gasteiger partial charge in [0.15, 0.2) is 0 Å². The molecule has 4 rings (SSSR count). The van der Waals surface area contributed by atoms with Gasteiger partial charge in [0.2, 0.25) is 0 Å². The molecule has 0 bridgehead atoms. The molecule has 0 radical (unpaired) electrons. The first kappa shape index (κ1) is 26.7. The summed E-state index contributed by atoms with van der Waals surface area (Å²) < 4.78 is 41.5. The van der Waals surface area contributed by atoms with Gasteiger partial charge in [-0.05, 0) is 51.3 Å². The Morgan fingerprint density at radius 1 is 1.00 bits per heavy atom. The van der Waals surface area contributed by atoms with Crippen molar-refractivity contribution in [1.29, 1.82) is 0 Å². The van der Waals surface area contributed by atoms with E-state index < -0.39 is 24.0 Å². The van der Waals surface area contributed by atoms with Gasteiger partial charge in [-0.3, -0.25) is 4.90 Å². The lowest BCUT2D eigenvalue weighted by molar-refractivity contribution is -0.0146. The molecule has 2 amide bonds. The van der Waals surface area contributed by atoms with Gasteiger partial charge in [-0.15, -0.1) is 0 Å². The third-order valence-corrected chi connectivity index (χ3v) is 6.79. The first-order valence-electron chi connectivity index (χ1n) is 12.7. The molecule has 0 spiro atoms. The molecule has 0 aromatic heterocycles. The SMILES string of the molecule is CN(C(=O)OC(C)(C)C)C1CCN(c2cccc3c2C(F)(F)CCN3C(=O)OCc2ccccc2)CC1. The molecular weight excluding hydrogens is 480 g/mol. The average Bonchev–Trinajstić information content (AvgIpc) is 2.86. The maximum Gasteiger partial charge on any atom is 0.414 e. The standard InChI is InChI=1S/C28H35F2N3O4/c1-27(2,3)37-25(34)31(4)21-13-16-32(17-14-21)22-11-8-12-23-24(22)28(29,30)15-18-33(23)26(35)36-19-20-9-6-5-7-10-20/h5-12,21H,13-19H2,1-4H3. The van der Waals surface area contributed by atoms with Gasteiger partial charge in [0, 0.05) is 44.8 Å². The minimum atomic E-state index is -3.08. The zero-order valence-corrected chi connectivity index (χ0v) is 21.9. The van der Waals surface area contributed by atoms with Crippen LogP contribution in [0, 0.1) is 0 Å². The Balaban J connectivity index is 1.49. The number of carbonyl (C=O) groups excluding carboxylic acids is 2. The molecule has 1 fully saturated rings. The van der Waals surface area contributed by atoms with E-state index in [-0.39, 0.29) is 36.5 Å². The number of carbonyl (C=O) groups is 2. The predicted octanol–water partition coefficient (Wildman–Crippen LogP) is 6.16. The minimum Gasteiger partial charge on any atom is -0.444 e. The van der Waals surface area contributed by atoms with Crippen molar-refractivity contribution in [3.05, 3.63) is 59.7 Å². The number of halogens is 2. The van der Waals surface area contributed by atoms with Crippen molar-refractivity contribution < 1.29 is 27.8 Å². The van der Waals surface area contributed by atoms with Crippen molar-refractivity contribution in [2.24, 2.45) is 0 Å². The number of alkyl halides is 2. The number of ether oxygens (including phenoxy) is 2. The van der Waals surface area contributed by atoms with E-state index in [9.17, 15) is 9.59 Å². The fraction of sp³-hybridized carbons (Fsp3) is 0.500. The molecule has 0 N–H and O–H groups in total. The number of anilines is 2. The van der Waals surface area contributed by atoms with Crippen LogP contribution in [-0.4, -0.2) is 55.4 Å². The van der Waals surface area contributed by atoms with E-state index in [1.165, 1.54) is 4.90 Å². The largest absolute Gasteiger partial charge is 0.444 e. The summed E-state index contributed by atoms with van der Waals surface area (Å²) in [6, 6.07) is 14.1. The molecule has 2 aromatic rings. The quantitative estimate of drug-likeness (QED) is 0.488. The summed E-state index contributed by atoms with van der Waals surface area (Å²) in [5, 5.41) is 0. The Kier molecular flexibility index (Phi) is 7.62. The number of piperidine rings is 1. The van der Waals surface area contributed by atoms with E-state index in [4.69, 9.17) is 9.47 Å². The number of hydrogen-bond donors (Lipinski definition) is 0. The lowest BCUT2D eigenvalue weighted by atomic mass is 9.94. The van der Waals surface area contributed by atoms with Crippen LogP contribution in [0.1, 0.15) is 51.2 Å². The van der Waals surface area contributed by atoms with E-state index in [2.05, 4.69) is 0 Å². The van der Waals surface area contributed by atoms with E-state index in [0.717, 1.165) is 5.56 Å². The first-order valence-corrected chi connectivity index (χ1v) is 12.7. The second kappa shape index (κ2) is 10.6. The molecule has 7 nitrogen and oxygen atoms in total. The number of benzene rings is 2. The van der Waals surface area contributed by atoms with Crippen molar-refractivity contribution in [3.8, 4) is 0 Å². The van der Waals surface area contributed by atoms with Crippen LogP contribution in [0.25, 0.3) is 0 Å². The number of amides is 2. The molecule has 0 atom stereocenters. The molecule has 2 heterocycles. The lowest BCUT2D eigenvalue weighted by Crippen LogP contribution is -2.48. The molecule has 200 valence electrons. The van der Waals surface area contributed by atoms with Crippen LogP contribution in [0.2, 0.25) is 0 Å². The fourth-order valence-electron chi connectivity index (χ4n) is 4.85. The van der Waals surface area contributed by atoms with E-state index >= 15 is 8.78 Å². The lowest BCUT2D eigenvalue weighted by Gasteiger charge is -2.41. The average molecular weight is 516 g/mol. The highest BCUT2D eigenvalue weighted by Gasteiger charge is 2.45. The summed E-state index contributed by atoms with van der Waals surface area (Å²) in [6.45, 7) is 6.41. The third kappa shape index (κ3) is 6.14. The van der Waals surface area contributed by atoms with Crippen LogP contribution >= 0.6 is 0 Å². The molecule has 2 aliphatic heterocycles. The smallest absolute Gasteiger partial charge is 0.414 e. The fourth-order valence-corrected chi connectivity index (χ4v) is 4.85. The molecule has 9 heteroatoms. The second-order valence-corrected chi connectivity index (χ2v) is 10.6. The number of hydrogen-bond acceptors (Lipinski definition) is 5. The molecule has 2 aromatic carbocycles. The summed E-state index contributed by atoms with van der Waals surface area (Å²) in [7, 11) is 1.71. The number of rotatable bonds is 4. The van der Waals surface area contributed by atoms with E-state index in [0.29, 0.717) is 31.6 Å². The molecule has 0 aliphatic carbocycles. The second-order valence-electron chi connectivity index (χ2n) is 10.6. The summed E-state index contributed by atoms with van der Waals surface area (Å²) in [4.78, 5) is 30.2. The normalized spacial score (nSPS) is 17.7. The molecule has 37 heavy (non-hydrogen) atoms. The highest BCUT2D eigenvalue weighted by molar-refractivity contribution is 5.91. The van der Waals surface area contributed by atoms with Crippen molar-refractivity contribution in [2.45, 2.75) is 64.2 Å². The van der Waals surface area contributed by atoms with Gasteiger partial charge < -0.3 is 19.3 Å². The van der Waals surface area contributed by atoms with Crippen LogP contribution in [0.5, 0.6) is 0 Å². The Labute approximate surface area is 216 Å². The monoisotopic (exact) mass is 515 g/mol. The Morgan fingerprint density at radius 3 is 2.30 bits per heavy atom. The van der Waals surface area contributed by atoms with Crippen LogP contribution < -0.4 is 9.80 Å². The summed E-state index contributed by atoms with van der Waals surface area (Å²) in [5.41, 5.74) is 0.693. The highest BCUT2D eigenvalue weighted by Crippen LogP contribution is 2.48. The topological polar surface area (TPSA) is 62.3 Å². The van der Waals surface area contributed by atoms with Gasteiger partial charge >= 0.3 is 12.2 Å². The zero-order valence-electron chi connectivity index (χ0n) is 21.9. The first-order chi connectivity index (χ1) is 17.5. The predicted molar refractivity (Wildman–Crippen MR) is 138 cm³/mol. The van der Waals surface area contributed by atoms with Gasteiger partial charge in [0.1, 0.15) is 12.2 Å². The van der Waals surface area contributed by atoms with Crippen molar-refractivity contribution in [3.63, 3.8) is 0 Å². The Morgan fingerprint density at radius 2 is 1.65 bits per heavy atom. The summed E-state index contributed by atoms with van der Waals surface area (Å²) >= 11 is 0. The molecule has 1 saturated heterocycles. The summed E-state index contributed by atoms with van der Waals surface area (Å²) in [5.74, 6) is -3.08. The maximum absolute atomic E-state index is 15.3. The molecular formula is C28H35F2N3O4. The van der Waals surface area contributed by atoms with Crippen molar-refractivity contribution in [2.75, 3.05) is 36.5 Å². The van der Waals surface area contributed by atoms with Crippen LogP contribution in [0.3, 0.4) is 0 Å². The summed E-state index contributed by atoms with van der Waals surface area (Å²) in [6.07, 6.45) is -0.272. The number of fused-ring (bicyclic) bond motifs is 1. The third-order valence-electron chi connectivity index (χ3n) is 6.79. The van der Waals surface area contributed by atoms with Gasteiger partial charge in [-0.1, -0.05) is 36.4 Å². The van der Waals surface area contributed by atoms with Crippen LogP contribution in [0.15, 0.2) is 48.5 Å². The molecule has 0 unspecified atom stereocenters. The van der Waals surface area contributed by atoms with Gasteiger partial charge in [-0.2, -0.15) is 0 Å². The Hall–Kier alpha value is -3.36. The minimum absolute atomic E-state index is 0.0457.